The SMILES string of the molecule is Cc1ccnc(Cl)c1NCc1c(Cl)cccc1Cl. The fraction of sp³-hybridized carbons (Fsp3) is 0.154. The number of benzene rings is 1. The van der Waals surface area contributed by atoms with Gasteiger partial charge < -0.3 is 5.32 Å². The van der Waals surface area contributed by atoms with Gasteiger partial charge in [0.15, 0.2) is 5.15 Å². The lowest BCUT2D eigenvalue weighted by molar-refractivity contribution is 1.12. The number of pyridine rings is 1. The highest BCUT2D eigenvalue weighted by Crippen LogP contribution is 2.28. The van der Waals surface area contributed by atoms with E-state index in [-0.39, 0.29) is 0 Å². The third-order valence-corrected chi connectivity index (χ3v) is 3.61. The van der Waals surface area contributed by atoms with E-state index in [2.05, 4.69) is 10.3 Å². The van der Waals surface area contributed by atoms with Crippen molar-refractivity contribution in [3.8, 4) is 0 Å². The molecule has 5 heteroatoms. The Hall–Kier alpha value is -0.960. The minimum atomic E-state index is 0.443. The first kappa shape index (κ1) is 13.5. The Bertz CT molecular complexity index is 478. The van der Waals surface area contributed by atoms with Crippen LogP contribution in [0.4, 0.5) is 5.69 Å². The molecule has 0 saturated carbocycles. The lowest BCUT2D eigenvalue weighted by Gasteiger charge is -2.12. The van der Waals surface area contributed by atoms with E-state index in [1.165, 1.54) is 0 Å². The van der Waals surface area contributed by atoms with Gasteiger partial charge in [-0.1, -0.05) is 40.9 Å². The number of nitrogens with zero attached hydrogens (tertiary/aromatic N) is 1. The number of nitrogens with one attached hydrogen (secondary N) is 1. The number of aryl methyl sites for hydroxylation is 1. The molecule has 0 radical (unpaired) electrons. The van der Waals surface area contributed by atoms with Gasteiger partial charge in [-0.3, -0.25) is 0 Å². The molecule has 1 aromatic carbocycles. The van der Waals surface area contributed by atoms with Gasteiger partial charge in [0, 0.05) is 28.4 Å². The molecular formula is C13H11Cl3N2. The molecule has 2 aromatic rings. The summed E-state index contributed by atoms with van der Waals surface area (Å²) in [6.45, 7) is 2.47. The zero-order valence-corrected chi connectivity index (χ0v) is 11.9. The van der Waals surface area contributed by atoms with E-state index >= 15 is 0 Å². The average molecular weight is 302 g/mol. The van der Waals surface area contributed by atoms with Crippen molar-refractivity contribution in [2.24, 2.45) is 0 Å². The van der Waals surface area contributed by atoms with Crippen LogP contribution in [0.2, 0.25) is 15.2 Å². The molecule has 1 heterocycles. The van der Waals surface area contributed by atoms with Crippen molar-refractivity contribution in [1.82, 2.24) is 4.98 Å². The van der Waals surface area contributed by atoms with E-state index in [0.29, 0.717) is 21.7 Å². The zero-order chi connectivity index (χ0) is 13.1. The van der Waals surface area contributed by atoms with Crippen molar-refractivity contribution >= 4 is 40.5 Å². The first-order valence-electron chi connectivity index (χ1n) is 5.37. The van der Waals surface area contributed by atoms with Gasteiger partial charge in [-0.05, 0) is 30.7 Å². The number of halogens is 3. The van der Waals surface area contributed by atoms with Crippen molar-refractivity contribution in [1.29, 1.82) is 0 Å². The van der Waals surface area contributed by atoms with E-state index in [1.807, 2.05) is 31.2 Å². The van der Waals surface area contributed by atoms with Gasteiger partial charge in [-0.15, -0.1) is 0 Å². The third-order valence-electron chi connectivity index (χ3n) is 2.62. The second kappa shape index (κ2) is 5.79. The van der Waals surface area contributed by atoms with Gasteiger partial charge in [0.25, 0.3) is 0 Å². The number of rotatable bonds is 3. The lowest BCUT2D eigenvalue weighted by atomic mass is 10.2. The molecule has 1 N–H and O–H groups in total. The van der Waals surface area contributed by atoms with Crippen LogP contribution in [0.5, 0.6) is 0 Å². The van der Waals surface area contributed by atoms with Crippen molar-refractivity contribution in [3.05, 3.63) is 56.8 Å². The van der Waals surface area contributed by atoms with Crippen molar-refractivity contribution in [2.75, 3.05) is 5.32 Å². The summed E-state index contributed by atoms with van der Waals surface area (Å²) in [5.74, 6) is 0. The Morgan fingerprint density at radius 2 is 1.78 bits per heavy atom. The molecule has 0 fully saturated rings. The highest BCUT2D eigenvalue weighted by atomic mass is 35.5. The summed E-state index contributed by atoms with van der Waals surface area (Å²) in [6, 6.07) is 7.32. The largest absolute Gasteiger partial charge is 0.378 e. The highest BCUT2D eigenvalue weighted by Gasteiger charge is 2.08. The number of aromatic nitrogens is 1. The maximum absolute atomic E-state index is 6.10. The summed E-state index contributed by atoms with van der Waals surface area (Å²) in [4.78, 5) is 4.03. The topological polar surface area (TPSA) is 24.9 Å². The molecule has 2 nitrogen and oxygen atoms in total. The Labute approximate surface area is 121 Å². The minimum Gasteiger partial charge on any atom is -0.378 e. The van der Waals surface area contributed by atoms with E-state index in [4.69, 9.17) is 34.8 Å². The summed E-state index contributed by atoms with van der Waals surface area (Å²) < 4.78 is 0. The smallest absolute Gasteiger partial charge is 0.152 e. The molecule has 0 unspecified atom stereocenters. The standard InChI is InChI=1S/C13H11Cl3N2/c1-8-5-6-17-13(16)12(8)18-7-9-10(14)3-2-4-11(9)15/h2-6,18H,7H2,1H3. The van der Waals surface area contributed by atoms with Crippen LogP contribution < -0.4 is 5.32 Å². The Morgan fingerprint density at radius 3 is 2.39 bits per heavy atom. The van der Waals surface area contributed by atoms with Gasteiger partial charge in [-0.2, -0.15) is 0 Å². The maximum Gasteiger partial charge on any atom is 0.152 e. The molecule has 0 atom stereocenters. The predicted molar refractivity (Wildman–Crippen MR) is 77.8 cm³/mol. The molecule has 1 aromatic heterocycles. The number of hydrogen-bond acceptors (Lipinski definition) is 2. The Balaban J connectivity index is 2.22. The van der Waals surface area contributed by atoms with Crippen LogP contribution in [0, 0.1) is 6.92 Å². The van der Waals surface area contributed by atoms with Crippen molar-refractivity contribution in [2.45, 2.75) is 13.5 Å². The third kappa shape index (κ3) is 2.89. The summed E-state index contributed by atoms with van der Waals surface area (Å²) in [5.41, 5.74) is 2.67. The van der Waals surface area contributed by atoms with Crippen LogP contribution in [0.15, 0.2) is 30.5 Å². The molecule has 0 aliphatic rings. The van der Waals surface area contributed by atoms with Gasteiger partial charge in [0.05, 0.1) is 5.69 Å². The summed E-state index contributed by atoms with van der Waals surface area (Å²) in [6.07, 6.45) is 1.67. The van der Waals surface area contributed by atoms with Gasteiger partial charge >= 0.3 is 0 Å². The molecule has 18 heavy (non-hydrogen) atoms. The van der Waals surface area contributed by atoms with Crippen molar-refractivity contribution in [3.63, 3.8) is 0 Å². The maximum atomic E-state index is 6.10. The molecule has 0 bridgehead atoms. The summed E-state index contributed by atoms with van der Waals surface area (Å²) >= 11 is 18.2. The molecule has 0 spiro atoms. The van der Waals surface area contributed by atoms with E-state index in [1.54, 1.807) is 6.20 Å². The first-order chi connectivity index (χ1) is 8.59. The predicted octanol–water partition coefficient (Wildman–Crippen LogP) is 4.96. The van der Waals surface area contributed by atoms with Gasteiger partial charge in [0.1, 0.15) is 0 Å². The first-order valence-corrected chi connectivity index (χ1v) is 6.51. The quantitative estimate of drug-likeness (QED) is 0.810. The fourth-order valence-electron chi connectivity index (χ4n) is 1.62. The molecule has 0 aliphatic heterocycles. The molecule has 2 rings (SSSR count). The van der Waals surface area contributed by atoms with Crippen LogP contribution in [-0.4, -0.2) is 4.98 Å². The normalized spacial score (nSPS) is 10.4. The van der Waals surface area contributed by atoms with E-state index in [0.717, 1.165) is 16.8 Å². The van der Waals surface area contributed by atoms with Gasteiger partial charge in [-0.25, -0.2) is 4.98 Å². The molecule has 94 valence electrons. The van der Waals surface area contributed by atoms with Crippen LogP contribution in [0.3, 0.4) is 0 Å². The zero-order valence-electron chi connectivity index (χ0n) is 9.67. The average Bonchev–Trinajstić information content (AvgIpc) is 2.31. The molecule has 0 amide bonds. The molecular weight excluding hydrogens is 291 g/mol. The summed E-state index contributed by atoms with van der Waals surface area (Å²) in [7, 11) is 0. The highest BCUT2D eigenvalue weighted by molar-refractivity contribution is 6.36. The summed E-state index contributed by atoms with van der Waals surface area (Å²) in [5, 5.41) is 4.92. The van der Waals surface area contributed by atoms with E-state index < -0.39 is 0 Å². The second-order valence-corrected chi connectivity index (χ2v) is 5.02. The Kier molecular flexibility index (Phi) is 4.33. The van der Waals surface area contributed by atoms with Crippen molar-refractivity contribution < 1.29 is 0 Å². The number of anilines is 1. The van der Waals surface area contributed by atoms with Crippen LogP contribution in [0.1, 0.15) is 11.1 Å². The van der Waals surface area contributed by atoms with E-state index in [9.17, 15) is 0 Å². The molecule has 0 saturated heterocycles. The fourth-order valence-corrected chi connectivity index (χ4v) is 2.42. The molecule has 0 aliphatic carbocycles. The Morgan fingerprint density at radius 1 is 1.11 bits per heavy atom. The lowest BCUT2D eigenvalue weighted by Crippen LogP contribution is -2.03. The number of hydrogen-bond donors (Lipinski definition) is 1. The van der Waals surface area contributed by atoms with Gasteiger partial charge in [0.2, 0.25) is 0 Å². The van der Waals surface area contributed by atoms with Crippen LogP contribution >= 0.6 is 34.8 Å². The van der Waals surface area contributed by atoms with Crippen LogP contribution in [0.25, 0.3) is 0 Å². The van der Waals surface area contributed by atoms with Crippen LogP contribution in [-0.2, 0) is 6.54 Å². The second-order valence-electron chi connectivity index (χ2n) is 3.85. The minimum absolute atomic E-state index is 0.443. The monoisotopic (exact) mass is 300 g/mol.